The summed E-state index contributed by atoms with van der Waals surface area (Å²) in [6.45, 7) is 0. The predicted octanol–water partition coefficient (Wildman–Crippen LogP) is 2.62. The molecular weight excluding hydrogens is 387 g/mol. The zero-order chi connectivity index (χ0) is 16.3. The van der Waals surface area contributed by atoms with E-state index in [0.717, 1.165) is 6.07 Å². The Bertz CT molecular complexity index is 747. The minimum Gasteiger partial charge on any atom is -0.308 e. The number of hydrogen-bond acceptors (Lipinski definition) is 3. The van der Waals surface area contributed by atoms with Crippen LogP contribution in [0.4, 0.5) is 18.9 Å². The van der Waals surface area contributed by atoms with Gasteiger partial charge in [-0.2, -0.15) is 13.2 Å². The molecule has 2 heterocycles. The van der Waals surface area contributed by atoms with Crippen LogP contribution in [0.3, 0.4) is 0 Å². The van der Waals surface area contributed by atoms with E-state index in [1.54, 1.807) is 0 Å². The first kappa shape index (κ1) is 15.8. The minimum absolute atomic E-state index is 0.0569. The van der Waals surface area contributed by atoms with Crippen LogP contribution < -0.4 is 4.90 Å². The molecule has 0 bridgehead atoms. The number of carbonyl (C=O) groups excluding carboxylic acids is 1. The first-order chi connectivity index (χ1) is 10.1. The van der Waals surface area contributed by atoms with E-state index in [1.165, 1.54) is 17.0 Å². The van der Waals surface area contributed by atoms with E-state index in [4.69, 9.17) is 0 Å². The second-order valence-corrected chi connectivity index (χ2v) is 8.54. The molecular formula is C13H11BrF3NO3S. The summed E-state index contributed by atoms with van der Waals surface area (Å²) in [6.07, 6.45) is -4.50. The van der Waals surface area contributed by atoms with Crippen molar-refractivity contribution in [1.29, 1.82) is 0 Å². The summed E-state index contributed by atoms with van der Waals surface area (Å²) in [5.74, 6) is -0.945. The van der Waals surface area contributed by atoms with E-state index in [0.29, 0.717) is 0 Å². The van der Waals surface area contributed by atoms with Crippen LogP contribution in [0.25, 0.3) is 0 Å². The van der Waals surface area contributed by atoms with Gasteiger partial charge in [0.15, 0.2) is 9.84 Å². The van der Waals surface area contributed by atoms with Gasteiger partial charge in [-0.05, 0) is 18.2 Å². The van der Waals surface area contributed by atoms with Gasteiger partial charge in [-0.1, -0.05) is 15.9 Å². The highest BCUT2D eigenvalue weighted by Gasteiger charge is 2.49. The van der Waals surface area contributed by atoms with E-state index in [1.807, 2.05) is 0 Å². The van der Waals surface area contributed by atoms with Crippen molar-refractivity contribution in [1.82, 2.24) is 0 Å². The molecule has 0 aliphatic carbocycles. The fourth-order valence-corrected chi connectivity index (χ4v) is 5.65. The quantitative estimate of drug-likeness (QED) is 0.731. The molecule has 22 heavy (non-hydrogen) atoms. The van der Waals surface area contributed by atoms with Crippen molar-refractivity contribution >= 4 is 37.4 Å². The van der Waals surface area contributed by atoms with E-state index < -0.39 is 27.6 Å². The average Bonchev–Trinajstić information content (AvgIpc) is 2.79. The summed E-state index contributed by atoms with van der Waals surface area (Å²) >= 11 is 2.85. The van der Waals surface area contributed by atoms with E-state index in [2.05, 4.69) is 15.9 Å². The van der Waals surface area contributed by atoms with Crippen LogP contribution in [0.15, 0.2) is 22.7 Å². The molecule has 2 fully saturated rings. The lowest BCUT2D eigenvalue weighted by molar-refractivity contribution is -0.138. The van der Waals surface area contributed by atoms with E-state index >= 15 is 0 Å². The molecule has 2 aliphatic heterocycles. The van der Waals surface area contributed by atoms with E-state index in [9.17, 15) is 26.4 Å². The number of carbonyl (C=O) groups is 1. The van der Waals surface area contributed by atoms with Gasteiger partial charge in [0.1, 0.15) is 0 Å². The van der Waals surface area contributed by atoms with Crippen LogP contribution in [0, 0.1) is 5.92 Å². The van der Waals surface area contributed by atoms with Gasteiger partial charge >= 0.3 is 6.18 Å². The Hall–Kier alpha value is -1.09. The zero-order valence-electron chi connectivity index (χ0n) is 11.1. The molecule has 2 atom stereocenters. The van der Waals surface area contributed by atoms with Crippen LogP contribution >= 0.6 is 15.9 Å². The number of benzene rings is 1. The van der Waals surface area contributed by atoms with Crippen molar-refractivity contribution in [2.75, 3.05) is 16.4 Å². The minimum atomic E-state index is -4.56. The number of rotatable bonds is 1. The van der Waals surface area contributed by atoms with Gasteiger partial charge in [-0.3, -0.25) is 4.79 Å². The highest BCUT2D eigenvalue weighted by Crippen LogP contribution is 2.41. The van der Waals surface area contributed by atoms with E-state index in [-0.39, 0.29) is 39.9 Å². The number of anilines is 1. The molecule has 0 aromatic heterocycles. The third-order valence-corrected chi connectivity index (χ3v) is 6.48. The van der Waals surface area contributed by atoms with Gasteiger partial charge in [0.05, 0.1) is 23.1 Å². The number of hydrogen-bond donors (Lipinski definition) is 0. The number of halogens is 4. The summed E-state index contributed by atoms with van der Waals surface area (Å²) in [5.41, 5.74) is -0.799. The Kier molecular flexibility index (Phi) is 3.56. The second-order valence-electron chi connectivity index (χ2n) is 5.53. The highest BCUT2D eigenvalue weighted by atomic mass is 79.9. The first-order valence-electron chi connectivity index (χ1n) is 6.48. The number of nitrogens with zero attached hydrogens (tertiary/aromatic N) is 1. The van der Waals surface area contributed by atoms with Gasteiger partial charge in [-0.25, -0.2) is 8.42 Å². The monoisotopic (exact) mass is 397 g/mol. The Morgan fingerprint density at radius 1 is 1.23 bits per heavy atom. The second kappa shape index (κ2) is 4.95. The van der Waals surface area contributed by atoms with Crippen molar-refractivity contribution in [2.45, 2.75) is 18.6 Å². The molecule has 2 saturated heterocycles. The van der Waals surface area contributed by atoms with Crippen molar-refractivity contribution in [2.24, 2.45) is 5.92 Å². The zero-order valence-corrected chi connectivity index (χ0v) is 13.5. The lowest BCUT2D eigenvalue weighted by Gasteiger charge is -2.24. The van der Waals surface area contributed by atoms with Crippen LogP contribution in [0.1, 0.15) is 12.0 Å². The first-order valence-corrected chi connectivity index (χ1v) is 9.09. The largest absolute Gasteiger partial charge is 0.417 e. The third-order valence-electron chi connectivity index (χ3n) is 4.01. The Balaban J connectivity index is 2.02. The molecule has 1 aromatic rings. The maximum absolute atomic E-state index is 13.0. The maximum Gasteiger partial charge on any atom is 0.417 e. The Morgan fingerprint density at radius 3 is 2.55 bits per heavy atom. The molecule has 0 radical (unpaired) electrons. The molecule has 9 heteroatoms. The molecule has 1 aromatic carbocycles. The molecule has 0 N–H and O–H groups in total. The normalized spacial score (nSPS) is 27.3. The molecule has 0 spiro atoms. The van der Waals surface area contributed by atoms with Gasteiger partial charge in [0, 0.05) is 22.5 Å². The molecule has 0 unspecified atom stereocenters. The number of sulfone groups is 1. The molecule has 0 saturated carbocycles. The molecule has 1 amide bonds. The molecule has 3 rings (SSSR count). The van der Waals surface area contributed by atoms with Crippen LogP contribution in [0.5, 0.6) is 0 Å². The smallest absolute Gasteiger partial charge is 0.308 e. The fourth-order valence-electron chi connectivity index (χ4n) is 3.11. The Morgan fingerprint density at radius 2 is 1.91 bits per heavy atom. The summed E-state index contributed by atoms with van der Waals surface area (Å²) in [6, 6.07) is 2.93. The Labute approximate surface area is 133 Å². The van der Waals surface area contributed by atoms with Crippen molar-refractivity contribution in [3.8, 4) is 0 Å². The standard InChI is InChI=1S/C13H11BrF3NO3S/c14-10-2-1-8(4-9(10)13(15,16)17)18-11-6-22(20,21)5-7(11)3-12(18)19/h1-2,4,7,11H,3,5-6H2/t7-,11+/m1/s1. The lowest BCUT2D eigenvalue weighted by atomic mass is 10.0. The van der Waals surface area contributed by atoms with Crippen LogP contribution in [0.2, 0.25) is 0 Å². The van der Waals surface area contributed by atoms with Crippen molar-refractivity contribution < 1.29 is 26.4 Å². The summed E-state index contributed by atoms with van der Waals surface area (Å²) in [4.78, 5) is 13.3. The molecule has 120 valence electrons. The van der Waals surface area contributed by atoms with Crippen molar-refractivity contribution in [3.05, 3.63) is 28.2 Å². The van der Waals surface area contributed by atoms with Crippen LogP contribution in [-0.4, -0.2) is 31.9 Å². The number of fused-ring (bicyclic) bond motifs is 1. The van der Waals surface area contributed by atoms with Crippen molar-refractivity contribution in [3.63, 3.8) is 0 Å². The topological polar surface area (TPSA) is 54.5 Å². The highest BCUT2D eigenvalue weighted by molar-refractivity contribution is 9.10. The number of alkyl halides is 3. The van der Waals surface area contributed by atoms with Gasteiger partial charge in [0.2, 0.25) is 5.91 Å². The third kappa shape index (κ3) is 2.64. The fraction of sp³-hybridized carbons (Fsp3) is 0.462. The van der Waals surface area contributed by atoms with Gasteiger partial charge < -0.3 is 4.90 Å². The average molecular weight is 398 g/mol. The lowest BCUT2D eigenvalue weighted by Crippen LogP contribution is -2.36. The predicted molar refractivity (Wildman–Crippen MR) is 77.2 cm³/mol. The molecule has 4 nitrogen and oxygen atoms in total. The maximum atomic E-state index is 13.0. The number of amides is 1. The summed E-state index contributed by atoms with van der Waals surface area (Å²) in [7, 11) is -3.24. The summed E-state index contributed by atoms with van der Waals surface area (Å²) in [5, 5.41) is 0. The van der Waals surface area contributed by atoms with Gasteiger partial charge in [-0.15, -0.1) is 0 Å². The van der Waals surface area contributed by atoms with Crippen LogP contribution in [-0.2, 0) is 20.8 Å². The SMILES string of the molecule is O=C1C[C@@H]2CS(=O)(=O)C[C@@H]2N1c1ccc(Br)c(C(F)(F)F)c1. The summed E-state index contributed by atoms with van der Waals surface area (Å²) < 4.78 is 62.2. The van der Waals surface area contributed by atoms with Gasteiger partial charge in [0.25, 0.3) is 0 Å². The molecule has 2 aliphatic rings.